The van der Waals surface area contributed by atoms with Crippen molar-refractivity contribution in [3.63, 3.8) is 0 Å². The minimum atomic E-state index is 0.191. The molecule has 0 atom stereocenters. The van der Waals surface area contributed by atoms with Gasteiger partial charge in [-0.05, 0) is 171 Å². The first-order valence-electron chi connectivity index (χ1n) is 25.1. The maximum atomic E-state index is 10.3. The number of nitrogens with zero attached hydrogens (tertiary/aromatic N) is 12. The van der Waals surface area contributed by atoms with E-state index in [4.69, 9.17) is 26.3 Å². The molecule has 0 aliphatic rings. The van der Waals surface area contributed by atoms with Crippen molar-refractivity contribution in [1.82, 2.24) is 9.13 Å². The van der Waals surface area contributed by atoms with Crippen molar-refractivity contribution < 1.29 is 0 Å². The summed E-state index contributed by atoms with van der Waals surface area (Å²) in [5, 5.41) is 53.8. The minimum absolute atomic E-state index is 0.191. The Labute approximate surface area is 469 Å². The highest BCUT2D eigenvalue weighted by atomic mass is 15.1. The molecule has 0 radical (unpaired) electrons. The van der Waals surface area contributed by atoms with Gasteiger partial charge in [0.2, 0.25) is 5.69 Å². The van der Waals surface area contributed by atoms with Crippen LogP contribution in [0.2, 0.25) is 0 Å². The molecule has 0 saturated heterocycles. The number of benzene rings is 10. The van der Waals surface area contributed by atoms with Gasteiger partial charge in [-0.1, -0.05) is 66.7 Å². The molecule has 12 rings (SSSR count). The Bertz CT molecular complexity index is 4910. The Hall–Kier alpha value is -13.3. The number of rotatable bonds is 7. The molecule has 370 valence electrons. The summed E-state index contributed by atoms with van der Waals surface area (Å²) in [6.45, 7) is 41.0. The Balaban J connectivity index is 1.25. The molecule has 2 heterocycles. The summed E-state index contributed by atoms with van der Waals surface area (Å²) in [7, 11) is 0. The SMILES string of the molecule is [C-]#[N+]c1cc(C#N)cc(-c2ccc3c4ccc(-c5cc(C#N)cc([N+]#[C-])c5)cc4n(-c4ccc(-c5cccc(C#N)c5)c(-n5c6cc(-c7cc(C#N)cc([N+]#[C-])c7)ccc6c6ccc(-c7cc(C#N)cc([N+]#[C-])c7)cc65)c4[N+]#[C-])c3c2)c1. The molecule has 0 spiro atoms. The van der Waals surface area contributed by atoms with Crippen molar-refractivity contribution in [1.29, 1.82) is 26.3 Å². The van der Waals surface area contributed by atoms with Crippen LogP contribution in [-0.4, -0.2) is 9.13 Å². The summed E-state index contributed by atoms with van der Waals surface area (Å²) < 4.78 is 4.04. The molecular weight excluding hydrogens is 1010 g/mol. The maximum absolute atomic E-state index is 10.3. The van der Waals surface area contributed by atoms with Crippen LogP contribution >= 0.6 is 0 Å². The van der Waals surface area contributed by atoms with Gasteiger partial charge in [0.1, 0.15) is 0 Å². The zero-order valence-electron chi connectivity index (χ0n) is 42.7. The highest BCUT2D eigenvalue weighted by molar-refractivity contribution is 6.15. The van der Waals surface area contributed by atoms with E-state index in [1.54, 1.807) is 66.7 Å². The van der Waals surface area contributed by atoms with Crippen molar-refractivity contribution >= 4 is 72.0 Å². The lowest BCUT2D eigenvalue weighted by Crippen LogP contribution is -2.03. The average molecular weight is 1040 g/mol. The number of fused-ring (bicyclic) bond motifs is 6. The van der Waals surface area contributed by atoms with Gasteiger partial charge in [-0.25, -0.2) is 24.2 Å². The van der Waals surface area contributed by atoms with Crippen LogP contribution in [0.15, 0.2) is 182 Å². The van der Waals surface area contributed by atoms with Crippen molar-refractivity contribution in [2.45, 2.75) is 0 Å². The number of hydrogen-bond donors (Lipinski definition) is 0. The topological polar surface area (TPSA) is 151 Å². The van der Waals surface area contributed by atoms with Gasteiger partial charge in [0, 0.05) is 43.8 Å². The molecule has 12 nitrogen and oxygen atoms in total. The zero-order valence-corrected chi connectivity index (χ0v) is 42.7. The van der Waals surface area contributed by atoms with Crippen molar-refractivity contribution in [2.24, 2.45) is 0 Å². The van der Waals surface area contributed by atoms with Gasteiger partial charge >= 0.3 is 0 Å². The van der Waals surface area contributed by atoms with Crippen LogP contribution in [-0.2, 0) is 0 Å². The van der Waals surface area contributed by atoms with Gasteiger partial charge in [0.15, 0.2) is 22.7 Å². The summed E-state index contributed by atoms with van der Waals surface area (Å²) in [5.41, 5.74) is 13.0. The molecular formula is C70H30N12. The Kier molecular flexibility index (Phi) is 12.1. The Morgan fingerprint density at radius 3 is 0.963 bits per heavy atom. The summed E-state index contributed by atoms with van der Waals surface area (Å²) in [4.78, 5) is 19.2. The second-order valence-electron chi connectivity index (χ2n) is 19.2. The maximum Gasteiger partial charge on any atom is 0.234 e. The molecule has 0 N–H and O–H groups in total. The van der Waals surface area contributed by atoms with Gasteiger partial charge < -0.3 is 9.13 Å². The normalized spacial score (nSPS) is 10.6. The first-order valence-corrected chi connectivity index (χ1v) is 25.1. The summed E-state index contributed by atoms with van der Waals surface area (Å²) in [5.74, 6) is 0. The molecule has 0 unspecified atom stereocenters. The second-order valence-corrected chi connectivity index (χ2v) is 19.2. The van der Waals surface area contributed by atoms with Crippen LogP contribution in [0.25, 0.3) is 135 Å². The van der Waals surface area contributed by atoms with E-state index in [1.807, 2.05) is 100 Å². The molecule has 0 aliphatic heterocycles. The molecule has 0 aliphatic carbocycles. The van der Waals surface area contributed by atoms with Crippen molar-refractivity contribution in [3.8, 4) is 97.4 Å². The molecule has 2 aromatic heterocycles. The van der Waals surface area contributed by atoms with E-state index >= 15 is 0 Å². The summed E-state index contributed by atoms with van der Waals surface area (Å²) in [6.07, 6.45) is 0. The molecule has 12 heteroatoms. The largest absolute Gasteiger partial charge is 0.319 e. The van der Waals surface area contributed by atoms with Gasteiger partial charge in [0.25, 0.3) is 0 Å². The summed E-state index contributed by atoms with van der Waals surface area (Å²) in [6, 6.07) is 65.5. The van der Waals surface area contributed by atoms with Gasteiger partial charge in [-0.2, -0.15) is 26.3 Å². The Morgan fingerprint density at radius 2 is 0.634 bits per heavy atom. The quantitative estimate of drug-likeness (QED) is 0.146. The van der Waals surface area contributed by atoms with Crippen LogP contribution in [0.5, 0.6) is 0 Å². The lowest BCUT2D eigenvalue weighted by Gasteiger charge is -2.21. The Morgan fingerprint density at radius 1 is 0.293 bits per heavy atom. The van der Waals surface area contributed by atoms with Crippen LogP contribution in [0.4, 0.5) is 28.4 Å². The molecule has 0 saturated carbocycles. The highest BCUT2D eigenvalue weighted by Crippen LogP contribution is 2.48. The van der Waals surface area contributed by atoms with E-state index in [0.717, 1.165) is 21.5 Å². The third kappa shape index (κ3) is 8.35. The number of aromatic nitrogens is 2. The summed E-state index contributed by atoms with van der Waals surface area (Å²) >= 11 is 0. The number of nitriles is 5. The van der Waals surface area contributed by atoms with Crippen LogP contribution in [0, 0.1) is 89.5 Å². The minimum Gasteiger partial charge on any atom is -0.319 e. The van der Waals surface area contributed by atoms with Crippen LogP contribution < -0.4 is 0 Å². The highest BCUT2D eigenvalue weighted by Gasteiger charge is 2.26. The third-order valence-corrected chi connectivity index (χ3v) is 14.6. The second kappa shape index (κ2) is 20.0. The van der Waals surface area contributed by atoms with E-state index in [2.05, 4.69) is 54.6 Å². The zero-order chi connectivity index (χ0) is 56.8. The van der Waals surface area contributed by atoms with Crippen LogP contribution in [0.3, 0.4) is 0 Å². The molecule has 12 aromatic rings. The van der Waals surface area contributed by atoms with Crippen LogP contribution in [0.1, 0.15) is 27.8 Å². The smallest absolute Gasteiger partial charge is 0.234 e. The van der Waals surface area contributed by atoms with Gasteiger partial charge in [-0.15, -0.1) is 0 Å². The first kappa shape index (κ1) is 49.6. The third-order valence-electron chi connectivity index (χ3n) is 14.6. The van der Waals surface area contributed by atoms with Gasteiger partial charge in [-0.3, -0.25) is 0 Å². The molecule has 0 fully saturated rings. The van der Waals surface area contributed by atoms with Gasteiger partial charge in [0.05, 0.1) is 102 Å². The number of hydrogen-bond acceptors (Lipinski definition) is 5. The molecule has 0 bridgehead atoms. The molecule has 0 amide bonds. The fourth-order valence-corrected chi connectivity index (χ4v) is 11.0. The predicted molar refractivity (Wildman–Crippen MR) is 317 cm³/mol. The molecule has 10 aromatic carbocycles. The predicted octanol–water partition coefficient (Wildman–Crippen LogP) is 18.3. The van der Waals surface area contributed by atoms with E-state index in [0.29, 0.717) is 128 Å². The van der Waals surface area contributed by atoms with E-state index < -0.39 is 0 Å². The average Bonchev–Trinajstić information content (AvgIpc) is 2.06. The molecule has 82 heavy (non-hydrogen) atoms. The fourth-order valence-electron chi connectivity index (χ4n) is 11.0. The van der Waals surface area contributed by atoms with E-state index in [1.165, 1.54) is 24.3 Å². The monoisotopic (exact) mass is 1040 g/mol. The lowest BCUT2D eigenvalue weighted by molar-refractivity contribution is 1.15. The lowest BCUT2D eigenvalue weighted by atomic mass is 9.98. The van der Waals surface area contributed by atoms with E-state index in [9.17, 15) is 32.9 Å². The standard InChI is InChI=1S/C70H30N12/c1-76-55-24-42(37-72)20-51(28-55)46-9-13-60-61-14-10-47(52-21-43(38-73)25-56(29-52)77-2)33-66(61)81(65(60)32-46)64-18-17-59(50-8-6-7-41(19-50)36-71)70(69(64)80-5)82-67-34-48(53-22-44(39-74)26-57(30-53)78-3)11-15-62(67)63-16-12-49(35-68(63)82)54-23-45(40-75)27-58(31-54)79-4/h6-35H. The fraction of sp³-hybridized carbons (Fsp3) is 0. The first-order chi connectivity index (χ1) is 40.1. The van der Waals surface area contributed by atoms with Crippen molar-refractivity contribution in [3.05, 3.63) is 267 Å². The van der Waals surface area contributed by atoms with E-state index in [-0.39, 0.29) is 17.1 Å². The van der Waals surface area contributed by atoms with Crippen molar-refractivity contribution in [2.75, 3.05) is 0 Å².